The summed E-state index contributed by atoms with van der Waals surface area (Å²) in [6.45, 7) is 6.74. The highest BCUT2D eigenvalue weighted by Gasteiger charge is 2.40. The fourth-order valence-corrected chi connectivity index (χ4v) is 3.49. The van der Waals surface area contributed by atoms with E-state index in [1.54, 1.807) is 0 Å². The van der Waals surface area contributed by atoms with E-state index in [-0.39, 0.29) is 12.5 Å². The monoisotopic (exact) mass is 321 g/mol. The maximum atomic E-state index is 12.6. The van der Waals surface area contributed by atoms with Crippen LogP contribution in [-0.4, -0.2) is 33.3 Å². The molecule has 0 aliphatic heterocycles. The number of carbonyl (C=O) groups is 2. The molecule has 0 radical (unpaired) electrons. The number of nitrogens with zero attached hydrogens (tertiary/aromatic N) is 2. The Bertz CT molecular complexity index is 586. The van der Waals surface area contributed by atoms with Crippen molar-refractivity contribution < 1.29 is 14.7 Å². The number of carbonyl (C=O) groups excluding carboxylic acids is 1. The Morgan fingerprint density at radius 2 is 1.91 bits per heavy atom. The number of rotatable bonds is 6. The fraction of sp³-hybridized carbons (Fsp3) is 0.706. The molecule has 0 atom stereocenters. The fourth-order valence-electron chi connectivity index (χ4n) is 3.49. The summed E-state index contributed by atoms with van der Waals surface area (Å²) in [5.74, 6) is -1.01. The largest absolute Gasteiger partial charge is 0.481 e. The molecule has 1 fully saturated rings. The van der Waals surface area contributed by atoms with Gasteiger partial charge >= 0.3 is 5.97 Å². The molecular weight excluding hydrogens is 294 g/mol. The van der Waals surface area contributed by atoms with Crippen molar-refractivity contribution in [3.63, 3.8) is 0 Å². The second-order valence-electron chi connectivity index (χ2n) is 6.60. The van der Waals surface area contributed by atoms with E-state index >= 15 is 0 Å². The van der Waals surface area contributed by atoms with Crippen LogP contribution in [0.1, 0.15) is 67.2 Å². The van der Waals surface area contributed by atoms with Crippen LogP contribution in [0, 0.1) is 19.3 Å². The zero-order valence-corrected chi connectivity index (χ0v) is 14.3. The minimum Gasteiger partial charge on any atom is -0.481 e. The Labute approximate surface area is 137 Å². The molecule has 2 rings (SSSR count). The van der Waals surface area contributed by atoms with Crippen LogP contribution in [0.5, 0.6) is 0 Å². The lowest BCUT2D eigenvalue weighted by Gasteiger charge is -2.33. The Kier molecular flexibility index (Phi) is 5.44. The highest BCUT2D eigenvalue weighted by molar-refractivity contribution is 5.96. The molecule has 1 saturated carbocycles. The lowest BCUT2D eigenvalue weighted by molar-refractivity contribution is -0.150. The number of carboxylic acids is 1. The lowest BCUT2D eigenvalue weighted by Crippen LogP contribution is -2.44. The molecule has 0 unspecified atom stereocenters. The van der Waals surface area contributed by atoms with Gasteiger partial charge in [-0.15, -0.1) is 0 Å². The second-order valence-corrected chi connectivity index (χ2v) is 6.60. The Morgan fingerprint density at radius 3 is 2.48 bits per heavy atom. The third-order valence-electron chi connectivity index (χ3n) is 4.90. The summed E-state index contributed by atoms with van der Waals surface area (Å²) in [7, 11) is 0. The van der Waals surface area contributed by atoms with Gasteiger partial charge in [0.05, 0.1) is 16.7 Å². The number of aryl methyl sites for hydroxylation is 2. The average molecular weight is 321 g/mol. The minimum absolute atomic E-state index is 0.193. The van der Waals surface area contributed by atoms with Crippen LogP contribution < -0.4 is 5.32 Å². The van der Waals surface area contributed by atoms with Crippen molar-refractivity contribution in [2.24, 2.45) is 5.41 Å². The number of carboxylic acid groups (broad SMARTS) is 1. The summed E-state index contributed by atoms with van der Waals surface area (Å²) in [6, 6.07) is 0. The Hall–Kier alpha value is -1.85. The van der Waals surface area contributed by atoms with Crippen molar-refractivity contribution in [2.75, 3.05) is 6.54 Å². The maximum absolute atomic E-state index is 12.6. The van der Waals surface area contributed by atoms with Gasteiger partial charge in [0.2, 0.25) is 0 Å². The van der Waals surface area contributed by atoms with E-state index in [1.165, 1.54) is 0 Å². The standard InChI is InChI=1S/C17H27N3O3/c1-4-10-20-13(3)14(12(2)19-20)15(21)18-11-17(16(22)23)8-6-5-7-9-17/h4-11H2,1-3H3,(H,18,21)(H,22,23). The van der Waals surface area contributed by atoms with Gasteiger partial charge in [-0.3, -0.25) is 14.3 Å². The summed E-state index contributed by atoms with van der Waals surface area (Å²) in [5, 5.41) is 16.9. The van der Waals surface area contributed by atoms with Gasteiger partial charge in [-0.25, -0.2) is 0 Å². The van der Waals surface area contributed by atoms with Gasteiger partial charge in [-0.05, 0) is 33.1 Å². The first-order valence-corrected chi connectivity index (χ1v) is 8.47. The molecule has 2 N–H and O–H groups in total. The predicted octanol–water partition coefficient (Wildman–Crippen LogP) is 2.67. The molecule has 1 aliphatic rings. The molecule has 128 valence electrons. The van der Waals surface area contributed by atoms with Crippen molar-refractivity contribution in [3.05, 3.63) is 17.0 Å². The molecule has 1 aliphatic carbocycles. The number of nitrogens with one attached hydrogen (secondary N) is 1. The number of amides is 1. The quantitative estimate of drug-likeness (QED) is 0.843. The zero-order chi connectivity index (χ0) is 17.0. The highest BCUT2D eigenvalue weighted by atomic mass is 16.4. The molecule has 23 heavy (non-hydrogen) atoms. The molecule has 0 bridgehead atoms. The minimum atomic E-state index is -0.810. The summed E-state index contributed by atoms with van der Waals surface area (Å²) in [4.78, 5) is 24.2. The summed E-state index contributed by atoms with van der Waals surface area (Å²) in [6.07, 6.45) is 5.12. The maximum Gasteiger partial charge on any atom is 0.311 e. The first kappa shape index (κ1) is 17.5. The van der Waals surface area contributed by atoms with E-state index in [1.807, 2.05) is 18.5 Å². The van der Waals surface area contributed by atoms with Crippen LogP contribution in [0.2, 0.25) is 0 Å². The summed E-state index contributed by atoms with van der Waals surface area (Å²) >= 11 is 0. The van der Waals surface area contributed by atoms with E-state index in [2.05, 4.69) is 17.3 Å². The zero-order valence-electron chi connectivity index (χ0n) is 14.3. The van der Waals surface area contributed by atoms with E-state index in [0.29, 0.717) is 24.1 Å². The first-order chi connectivity index (χ1) is 10.9. The molecule has 1 heterocycles. The smallest absolute Gasteiger partial charge is 0.311 e. The van der Waals surface area contributed by atoms with Crippen LogP contribution in [0.25, 0.3) is 0 Å². The van der Waals surface area contributed by atoms with Gasteiger partial charge in [0.1, 0.15) is 0 Å². The normalized spacial score (nSPS) is 17.0. The van der Waals surface area contributed by atoms with Gasteiger partial charge < -0.3 is 10.4 Å². The average Bonchev–Trinajstić information content (AvgIpc) is 2.80. The second kappa shape index (κ2) is 7.15. The molecule has 1 aromatic rings. The number of hydrogen-bond donors (Lipinski definition) is 2. The SMILES string of the molecule is CCCn1nc(C)c(C(=O)NCC2(C(=O)O)CCCCC2)c1C. The lowest BCUT2D eigenvalue weighted by atomic mass is 9.74. The topological polar surface area (TPSA) is 84.2 Å². The third-order valence-corrected chi connectivity index (χ3v) is 4.90. The Morgan fingerprint density at radius 1 is 1.26 bits per heavy atom. The van der Waals surface area contributed by atoms with Gasteiger partial charge in [0.25, 0.3) is 5.91 Å². The van der Waals surface area contributed by atoms with Crippen molar-refractivity contribution in [1.82, 2.24) is 15.1 Å². The van der Waals surface area contributed by atoms with Crippen molar-refractivity contribution >= 4 is 11.9 Å². The van der Waals surface area contributed by atoms with Crippen LogP contribution in [0.4, 0.5) is 0 Å². The number of hydrogen-bond acceptors (Lipinski definition) is 3. The van der Waals surface area contributed by atoms with E-state index < -0.39 is 11.4 Å². The van der Waals surface area contributed by atoms with Gasteiger partial charge in [0, 0.05) is 18.8 Å². The van der Waals surface area contributed by atoms with Crippen molar-refractivity contribution in [2.45, 2.75) is 65.8 Å². The van der Waals surface area contributed by atoms with Gasteiger partial charge in [-0.1, -0.05) is 26.2 Å². The van der Waals surface area contributed by atoms with Crippen molar-refractivity contribution in [1.29, 1.82) is 0 Å². The Balaban J connectivity index is 2.11. The predicted molar refractivity (Wildman–Crippen MR) is 87.5 cm³/mol. The molecule has 1 aromatic heterocycles. The summed E-state index contributed by atoms with van der Waals surface area (Å²) < 4.78 is 1.85. The molecule has 0 saturated heterocycles. The van der Waals surface area contributed by atoms with Gasteiger partial charge in [0.15, 0.2) is 0 Å². The van der Waals surface area contributed by atoms with Crippen LogP contribution in [-0.2, 0) is 11.3 Å². The number of aliphatic carboxylic acids is 1. The summed E-state index contributed by atoms with van der Waals surface area (Å²) in [5.41, 5.74) is 1.31. The molecule has 0 aromatic carbocycles. The van der Waals surface area contributed by atoms with Gasteiger partial charge in [-0.2, -0.15) is 5.10 Å². The number of aromatic nitrogens is 2. The van der Waals surface area contributed by atoms with E-state index in [4.69, 9.17) is 0 Å². The van der Waals surface area contributed by atoms with Crippen LogP contribution in [0.15, 0.2) is 0 Å². The highest BCUT2D eigenvalue weighted by Crippen LogP contribution is 2.36. The molecule has 1 amide bonds. The van der Waals surface area contributed by atoms with E-state index in [9.17, 15) is 14.7 Å². The molecule has 0 spiro atoms. The molecule has 6 heteroatoms. The first-order valence-electron chi connectivity index (χ1n) is 8.47. The molecular formula is C17H27N3O3. The van der Waals surface area contributed by atoms with E-state index in [0.717, 1.165) is 37.9 Å². The van der Waals surface area contributed by atoms with Crippen LogP contribution in [0.3, 0.4) is 0 Å². The third kappa shape index (κ3) is 3.57. The molecule has 6 nitrogen and oxygen atoms in total. The van der Waals surface area contributed by atoms with Crippen LogP contribution >= 0.6 is 0 Å². The van der Waals surface area contributed by atoms with Crippen molar-refractivity contribution in [3.8, 4) is 0 Å².